The Bertz CT molecular complexity index is 3570. The maximum absolute atomic E-state index is 6.99. The zero-order chi connectivity index (χ0) is 38.0. The fourth-order valence-corrected chi connectivity index (χ4v) is 10.6. The Balaban J connectivity index is 1.26. The highest BCUT2D eigenvalue weighted by Crippen LogP contribution is 2.57. The third-order valence-corrected chi connectivity index (χ3v) is 12.8. The first kappa shape index (κ1) is 31.6. The summed E-state index contributed by atoms with van der Waals surface area (Å²) in [5.74, 6) is 0. The van der Waals surface area contributed by atoms with Crippen molar-refractivity contribution in [2.75, 3.05) is 0 Å². The fourth-order valence-electron chi connectivity index (χ4n) is 10.6. The van der Waals surface area contributed by atoms with Gasteiger partial charge in [-0.25, -0.2) is 0 Å². The second kappa shape index (κ2) is 11.7. The zero-order valence-electron chi connectivity index (χ0n) is 31.4. The SMILES string of the molecule is c1ccc(-n2c3ccccc3c3c4oc5ccccc5c4c4c5ccccc5n(-c5ccc6c(c5)C(c5ccccc5)(c5ccccc5)c5ccccc5-6)c4c32)cc1. The Hall–Kier alpha value is -7.62. The maximum atomic E-state index is 6.99. The Labute approximate surface area is 334 Å². The minimum atomic E-state index is -0.522. The van der Waals surface area contributed by atoms with Crippen LogP contribution >= 0.6 is 0 Å². The van der Waals surface area contributed by atoms with Gasteiger partial charge in [-0.2, -0.15) is 0 Å². The quantitative estimate of drug-likeness (QED) is 0.176. The summed E-state index contributed by atoms with van der Waals surface area (Å²) in [6, 6.07) is 75.4. The minimum absolute atomic E-state index is 0.522. The van der Waals surface area contributed by atoms with Crippen LogP contribution in [0.3, 0.4) is 0 Å². The summed E-state index contributed by atoms with van der Waals surface area (Å²) in [7, 11) is 0. The number of fused-ring (bicyclic) bond motifs is 15. The number of aromatic nitrogens is 2. The summed E-state index contributed by atoms with van der Waals surface area (Å²) >= 11 is 0. The number of hydrogen-bond donors (Lipinski definition) is 0. The van der Waals surface area contributed by atoms with Gasteiger partial charge in [0.05, 0.1) is 32.9 Å². The van der Waals surface area contributed by atoms with Crippen molar-refractivity contribution in [3.05, 3.63) is 229 Å². The molecule has 3 heteroatoms. The van der Waals surface area contributed by atoms with Crippen LogP contribution in [0, 0.1) is 0 Å². The molecule has 13 rings (SSSR count). The van der Waals surface area contributed by atoms with E-state index in [0.717, 1.165) is 60.8 Å². The fraction of sp³-hybridized carbons (Fsp3) is 0.0182. The summed E-state index contributed by atoms with van der Waals surface area (Å²) in [6.07, 6.45) is 0. The molecule has 0 saturated carbocycles. The molecule has 3 aromatic heterocycles. The normalized spacial score (nSPS) is 13.3. The van der Waals surface area contributed by atoms with Gasteiger partial charge in [0.25, 0.3) is 0 Å². The summed E-state index contributed by atoms with van der Waals surface area (Å²) in [5.41, 5.74) is 15.8. The molecule has 1 aliphatic rings. The lowest BCUT2D eigenvalue weighted by Crippen LogP contribution is -2.28. The highest BCUT2D eigenvalue weighted by molar-refractivity contribution is 6.39. The largest absolute Gasteiger partial charge is 0.455 e. The van der Waals surface area contributed by atoms with Crippen molar-refractivity contribution in [3.63, 3.8) is 0 Å². The van der Waals surface area contributed by atoms with Crippen molar-refractivity contribution in [1.29, 1.82) is 0 Å². The molecule has 0 fully saturated rings. The molecule has 0 atom stereocenters. The smallest absolute Gasteiger partial charge is 0.146 e. The van der Waals surface area contributed by atoms with E-state index in [4.69, 9.17) is 4.42 Å². The van der Waals surface area contributed by atoms with Crippen molar-refractivity contribution < 1.29 is 4.42 Å². The number of benzene rings is 9. The van der Waals surface area contributed by atoms with Crippen molar-refractivity contribution in [3.8, 4) is 22.5 Å². The summed E-state index contributed by atoms with van der Waals surface area (Å²) in [6.45, 7) is 0. The molecule has 12 aromatic rings. The van der Waals surface area contributed by atoms with E-state index in [1.807, 2.05) is 0 Å². The van der Waals surface area contributed by atoms with Crippen LogP contribution in [0.25, 0.3) is 88.1 Å². The van der Waals surface area contributed by atoms with Crippen LogP contribution < -0.4 is 0 Å². The monoisotopic (exact) mass is 738 g/mol. The first-order chi connectivity index (χ1) is 28.8. The van der Waals surface area contributed by atoms with Gasteiger partial charge in [0.1, 0.15) is 11.2 Å². The lowest BCUT2D eigenvalue weighted by atomic mass is 9.67. The van der Waals surface area contributed by atoms with Gasteiger partial charge in [0, 0.05) is 38.3 Å². The van der Waals surface area contributed by atoms with Gasteiger partial charge in [-0.3, -0.25) is 0 Å². The van der Waals surface area contributed by atoms with Crippen LogP contribution in [0.1, 0.15) is 22.3 Å². The number of hydrogen-bond acceptors (Lipinski definition) is 1. The summed E-state index contributed by atoms with van der Waals surface area (Å²) in [5, 5.41) is 6.96. The topological polar surface area (TPSA) is 23.0 Å². The second-order valence-corrected chi connectivity index (χ2v) is 15.5. The van der Waals surface area contributed by atoms with E-state index < -0.39 is 5.41 Å². The van der Waals surface area contributed by atoms with E-state index in [1.165, 1.54) is 49.5 Å². The average molecular weight is 739 g/mol. The van der Waals surface area contributed by atoms with E-state index in [1.54, 1.807) is 0 Å². The van der Waals surface area contributed by atoms with E-state index in [0.29, 0.717) is 0 Å². The second-order valence-electron chi connectivity index (χ2n) is 15.5. The Morgan fingerprint density at radius 1 is 0.362 bits per heavy atom. The standard InChI is InChI=1S/C55H34N2O/c1-4-18-35(19-5-1)55(36-20-6-2-7-21-36)44-28-14-10-24-39(44)40-33-32-38(34-45(40)55)57-46-29-15-11-25-41(46)49-50-43-27-13-17-31-48(43)58-54(50)51-42-26-12-16-30-47(42)56(53(51)52(49)57)37-22-8-3-9-23-37/h1-34H. The van der Waals surface area contributed by atoms with Crippen LogP contribution in [-0.4, -0.2) is 9.13 Å². The van der Waals surface area contributed by atoms with Crippen LogP contribution in [0.15, 0.2) is 211 Å². The van der Waals surface area contributed by atoms with E-state index in [2.05, 4.69) is 215 Å². The lowest BCUT2D eigenvalue weighted by Gasteiger charge is -2.34. The van der Waals surface area contributed by atoms with Gasteiger partial charge in [0.15, 0.2) is 0 Å². The molecule has 1 aliphatic carbocycles. The molecule has 0 spiro atoms. The molecule has 58 heavy (non-hydrogen) atoms. The molecule has 0 amide bonds. The van der Waals surface area contributed by atoms with Crippen molar-refractivity contribution in [2.45, 2.75) is 5.41 Å². The Morgan fingerprint density at radius 3 is 1.59 bits per heavy atom. The highest BCUT2D eigenvalue weighted by atomic mass is 16.3. The number of para-hydroxylation sites is 4. The minimum Gasteiger partial charge on any atom is -0.455 e. The molecular formula is C55H34N2O. The number of rotatable bonds is 4. The van der Waals surface area contributed by atoms with Crippen LogP contribution in [0.5, 0.6) is 0 Å². The van der Waals surface area contributed by atoms with Crippen LogP contribution in [0.2, 0.25) is 0 Å². The van der Waals surface area contributed by atoms with Gasteiger partial charge in [-0.15, -0.1) is 0 Å². The molecule has 0 unspecified atom stereocenters. The Kier molecular flexibility index (Phi) is 6.37. The van der Waals surface area contributed by atoms with Crippen LogP contribution in [0.4, 0.5) is 0 Å². The molecule has 270 valence electrons. The summed E-state index contributed by atoms with van der Waals surface area (Å²) < 4.78 is 12.0. The number of nitrogens with zero attached hydrogens (tertiary/aromatic N) is 2. The highest BCUT2D eigenvalue weighted by Gasteiger charge is 2.46. The molecule has 0 N–H and O–H groups in total. The number of furan rings is 1. The first-order valence-electron chi connectivity index (χ1n) is 20.0. The molecule has 0 saturated heterocycles. The molecule has 0 radical (unpaired) electrons. The third-order valence-electron chi connectivity index (χ3n) is 12.8. The molecule has 0 bridgehead atoms. The lowest BCUT2D eigenvalue weighted by molar-refractivity contribution is 0.673. The third kappa shape index (κ3) is 3.97. The zero-order valence-corrected chi connectivity index (χ0v) is 31.4. The molecule has 0 aliphatic heterocycles. The van der Waals surface area contributed by atoms with Gasteiger partial charge < -0.3 is 13.6 Å². The van der Waals surface area contributed by atoms with Crippen molar-refractivity contribution >= 4 is 65.6 Å². The molecule has 3 heterocycles. The first-order valence-corrected chi connectivity index (χ1v) is 20.0. The predicted octanol–water partition coefficient (Wildman–Crippen LogP) is 14.1. The maximum Gasteiger partial charge on any atom is 0.146 e. The van der Waals surface area contributed by atoms with Crippen molar-refractivity contribution in [1.82, 2.24) is 9.13 Å². The molecule has 9 aromatic carbocycles. The van der Waals surface area contributed by atoms with Gasteiger partial charge >= 0.3 is 0 Å². The molecule has 3 nitrogen and oxygen atoms in total. The average Bonchev–Trinajstić information content (AvgIpc) is 4.03. The van der Waals surface area contributed by atoms with E-state index in [-0.39, 0.29) is 0 Å². The Morgan fingerprint density at radius 2 is 0.879 bits per heavy atom. The van der Waals surface area contributed by atoms with E-state index >= 15 is 0 Å². The van der Waals surface area contributed by atoms with Crippen molar-refractivity contribution in [2.24, 2.45) is 0 Å². The summed E-state index contributed by atoms with van der Waals surface area (Å²) in [4.78, 5) is 0. The van der Waals surface area contributed by atoms with Crippen LogP contribution in [-0.2, 0) is 5.41 Å². The van der Waals surface area contributed by atoms with E-state index in [9.17, 15) is 0 Å². The van der Waals surface area contributed by atoms with Gasteiger partial charge in [0.2, 0.25) is 0 Å². The van der Waals surface area contributed by atoms with Gasteiger partial charge in [-0.1, -0.05) is 164 Å². The predicted molar refractivity (Wildman–Crippen MR) is 240 cm³/mol. The molecular weight excluding hydrogens is 705 g/mol. The van der Waals surface area contributed by atoms with Gasteiger partial charge in [-0.05, 0) is 75.8 Å².